The van der Waals surface area contributed by atoms with Crippen LogP contribution in [-0.2, 0) is 28.4 Å². The minimum Gasteiger partial charge on any atom is -0.417 e. The molecule has 0 heterocycles. The zero-order chi connectivity index (χ0) is 47.5. The van der Waals surface area contributed by atoms with Crippen molar-refractivity contribution in [2.24, 2.45) is 17.8 Å². The Labute approximate surface area is 388 Å². The zero-order valence-corrected chi connectivity index (χ0v) is 45.8. The molecule has 0 saturated heterocycles. The van der Waals surface area contributed by atoms with Gasteiger partial charge in [-0.1, -0.05) is 185 Å². The third-order valence-corrected chi connectivity index (χ3v) is 27.9. The van der Waals surface area contributed by atoms with Gasteiger partial charge in [0, 0.05) is 18.9 Å². The molecule has 348 valence electrons. The van der Waals surface area contributed by atoms with Gasteiger partial charge in [0.2, 0.25) is 5.78 Å². The van der Waals surface area contributed by atoms with Crippen LogP contribution in [0.4, 0.5) is 0 Å². The number of Topliss-reactive ketones (excluding diaryl/α,β-unsaturated/α-hetero) is 1. The Morgan fingerprint density at radius 1 is 0.635 bits per heavy atom. The van der Waals surface area contributed by atoms with E-state index < -0.39 is 30.6 Å². The minimum atomic E-state index is -2.26. The first-order valence-corrected chi connectivity index (χ1v) is 32.3. The maximum Gasteiger partial charge on any atom is 0.208 e. The molecule has 0 spiro atoms. The Morgan fingerprint density at radius 3 is 1.49 bits per heavy atom. The molecule has 0 aliphatic carbocycles. The molecular weight excluding hydrogens is 825 g/mol. The highest BCUT2D eigenvalue weighted by Gasteiger charge is 2.43. The summed E-state index contributed by atoms with van der Waals surface area (Å²) in [5.41, 5.74) is 2.36. The van der Waals surface area contributed by atoms with Crippen molar-refractivity contribution in [1.29, 1.82) is 0 Å². The molecule has 5 atom stereocenters. The first kappa shape index (κ1) is 54.5. The standard InChI is InChI=1S/C55H86O5Si3/c1-43(30-28-40-57-55(46-32-22-19-23-33-46,47-34-24-20-25-35-47)48-36-26-21-27-37-48)50(59-62(15,16)53(7,8)9)42-49(56)39-38-45(3)51(60-63(17,18)54(10,11)12)44(2)31-29-41-58-61(13,14)52(4,5)6/h19-28,30,32-37,43-45,50-51H,29,31,40-42H2,1-18H3/b30-28+/t43-,44+,45+,50+,51-/m1/s1. The number of ether oxygens (including phenoxy) is 1. The minimum absolute atomic E-state index is 0.0259. The molecule has 63 heavy (non-hydrogen) atoms. The number of ketones is 1. The van der Waals surface area contributed by atoms with Gasteiger partial charge in [-0.2, -0.15) is 0 Å². The second kappa shape index (κ2) is 22.5. The molecule has 0 aliphatic rings. The van der Waals surface area contributed by atoms with E-state index in [1.807, 2.05) is 18.2 Å². The van der Waals surface area contributed by atoms with Crippen molar-refractivity contribution in [3.63, 3.8) is 0 Å². The third-order valence-electron chi connectivity index (χ3n) is 14.4. The largest absolute Gasteiger partial charge is 0.417 e. The summed E-state index contributed by atoms with van der Waals surface area (Å²) in [6, 6.07) is 31.3. The highest BCUT2D eigenvalue weighted by Crippen LogP contribution is 2.43. The predicted molar refractivity (Wildman–Crippen MR) is 276 cm³/mol. The van der Waals surface area contributed by atoms with Crippen molar-refractivity contribution in [2.75, 3.05) is 13.2 Å². The van der Waals surface area contributed by atoms with E-state index in [-0.39, 0.29) is 57.3 Å². The lowest BCUT2D eigenvalue weighted by Crippen LogP contribution is -2.47. The fraction of sp³-hybridized carbons (Fsp3) is 0.582. The Morgan fingerprint density at radius 2 is 1.06 bits per heavy atom. The summed E-state index contributed by atoms with van der Waals surface area (Å²) >= 11 is 0. The van der Waals surface area contributed by atoms with E-state index in [9.17, 15) is 4.79 Å². The topological polar surface area (TPSA) is 54.0 Å². The molecule has 0 aromatic heterocycles. The number of rotatable bonds is 21. The van der Waals surface area contributed by atoms with Crippen LogP contribution in [0.2, 0.25) is 54.4 Å². The number of carbonyl (C=O) groups is 1. The fourth-order valence-electron chi connectivity index (χ4n) is 7.08. The molecule has 3 aromatic rings. The predicted octanol–water partition coefficient (Wildman–Crippen LogP) is 15.0. The maximum absolute atomic E-state index is 14.0. The van der Waals surface area contributed by atoms with Gasteiger partial charge in [-0.05, 0) is 109 Å². The Bertz CT molecular complexity index is 1830. The van der Waals surface area contributed by atoms with Crippen LogP contribution in [0.15, 0.2) is 103 Å². The molecule has 0 radical (unpaired) electrons. The van der Waals surface area contributed by atoms with Crippen LogP contribution in [0.5, 0.6) is 0 Å². The van der Waals surface area contributed by atoms with Crippen molar-refractivity contribution in [1.82, 2.24) is 0 Å². The van der Waals surface area contributed by atoms with E-state index in [1.54, 1.807) is 0 Å². The molecule has 3 aromatic carbocycles. The van der Waals surface area contributed by atoms with Crippen LogP contribution < -0.4 is 0 Å². The number of hydrogen-bond acceptors (Lipinski definition) is 5. The first-order chi connectivity index (χ1) is 29.1. The van der Waals surface area contributed by atoms with Gasteiger partial charge in [-0.25, -0.2) is 0 Å². The smallest absolute Gasteiger partial charge is 0.208 e. The number of carbonyl (C=O) groups excluding carboxylic acids is 1. The zero-order valence-electron chi connectivity index (χ0n) is 42.8. The van der Waals surface area contributed by atoms with E-state index >= 15 is 0 Å². The van der Waals surface area contributed by atoms with Crippen LogP contribution in [0, 0.1) is 29.6 Å². The molecule has 5 nitrogen and oxygen atoms in total. The van der Waals surface area contributed by atoms with Crippen LogP contribution >= 0.6 is 0 Å². The molecular formula is C55H86O5Si3. The van der Waals surface area contributed by atoms with Gasteiger partial charge in [0.15, 0.2) is 25.0 Å². The van der Waals surface area contributed by atoms with Gasteiger partial charge >= 0.3 is 0 Å². The lowest BCUT2D eigenvalue weighted by Gasteiger charge is -2.42. The van der Waals surface area contributed by atoms with Crippen LogP contribution in [0.1, 0.15) is 119 Å². The van der Waals surface area contributed by atoms with E-state index in [4.69, 9.17) is 18.0 Å². The fourth-order valence-corrected chi connectivity index (χ4v) is 11.0. The molecule has 0 N–H and O–H groups in total. The lowest BCUT2D eigenvalue weighted by molar-refractivity contribution is -0.115. The lowest BCUT2D eigenvalue weighted by atomic mass is 9.80. The van der Waals surface area contributed by atoms with E-state index in [0.29, 0.717) is 6.61 Å². The van der Waals surface area contributed by atoms with E-state index in [1.165, 1.54) is 0 Å². The Balaban J connectivity index is 1.89. The summed E-state index contributed by atoms with van der Waals surface area (Å²) in [6.45, 7) is 41.9. The second-order valence-corrected chi connectivity index (χ2v) is 36.9. The normalized spacial score (nSPS) is 15.9. The second-order valence-electron chi connectivity index (χ2n) is 22.6. The highest BCUT2D eigenvalue weighted by atomic mass is 28.4. The number of hydrogen-bond donors (Lipinski definition) is 0. The summed E-state index contributed by atoms with van der Waals surface area (Å²) in [5.74, 6) is 6.51. The molecule has 3 rings (SSSR count). The SMILES string of the molecule is C[C@H](/C=C/COC(c1ccccc1)(c1ccccc1)c1ccccc1)[C@H](CC(=O)C#C[C@H](C)[C@H](O[Si](C)(C)C(C)(C)C)[C@@H](C)CCCO[Si](C)(C)C(C)(C)C)O[Si](C)(C)C(C)(C)C. The van der Waals surface area contributed by atoms with Crippen molar-refractivity contribution in [3.8, 4) is 11.8 Å². The third kappa shape index (κ3) is 15.1. The van der Waals surface area contributed by atoms with E-state index in [0.717, 1.165) is 36.1 Å². The van der Waals surface area contributed by atoms with Crippen LogP contribution in [-0.4, -0.2) is 56.2 Å². The summed E-state index contributed by atoms with van der Waals surface area (Å²) in [7, 11) is -6.21. The Kier molecular flexibility index (Phi) is 19.5. The molecule has 0 unspecified atom stereocenters. The molecule has 8 heteroatoms. The maximum atomic E-state index is 14.0. The molecule has 0 aliphatic heterocycles. The van der Waals surface area contributed by atoms with Gasteiger partial charge in [0.25, 0.3) is 0 Å². The average molecular weight is 912 g/mol. The van der Waals surface area contributed by atoms with Gasteiger partial charge in [0.05, 0.1) is 18.8 Å². The van der Waals surface area contributed by atoms with Gasteiger partial charge in [-0.15, -0.1) is 0 Å². The van der Waals surface area contributed by atoms with Gasteiger partial charge in [-0.3, -0.25) is 4.79 Å². The molecule has 0 fully saturated rings. The molecule has 0 amide bonds. The quantitative estimate of drug-likeness (QED) is 0.0266. The number of benzene rings is 3. The average Bonchev–Trinajstić information content (AvgIpc) is 3.20. The molecule has 0 bridgehead atoms. The van der Waals surface area contributed by atoms with Crippen LogP contribution in [0.25, 0.3) is 0 Å². The highest BCUT2D eigenvalue weighted by molar-refractivity contribution is 6.75. The summed E-state index contributed by atoms with van der Waals surface area (Å²) in [4.78, 5) is 14.0. The van der Waals surface area contributed by atoms with Crippen molar-refractivity contribution < 1.29 is 22.8 Å². The van der Waals surface area contributed by atoms with Crippen molar-refractivity contribution in [2.45, 2.75) is 175 Å². The molecule has 0 saturated carbocycles. The van der Waals surface area contributed by atoms with Crippen LogP contribution in [0.3, 0.4) is 0 Å². The summed E-state index contributed by atoms with van der Waals surface area (Å²) in [5, 5.41) is 0.206. The van der Waals surface area contributed by atoms with Gasteiger partial charge < -0.3 is 18.0 Å². The first-order valence-electron chi connectivity index (χ1n) is 23.6. The summed E-state index contributed by atoms with van der Waals surface area (Å²) in [6.07, 6.45) is 6.00. The van der Waals surface area contributed by atoms with Crippen molar-refractivity contribution >= 4 is 30.7 Å². The monoisotopic (exact) mass is 911 g/mol. The van der Waals surface area contributed by atoms with Crippen molar-refractivity contribution in [3.05, 3.63) is 120 Å². The Hall–Kier alpha value is -2.88. The van der Waals surface area contributed by atoms with E-state index in [2.05, 4.69) is 219 Å². The van der Waals surface area contributed by atoms with Gasteiger partial charge in [0.1, 0.15) is 5.60 Å². The summed E-state index contributed by atoms with van der Waals surface area (Å²) < 4.78 is 27.8.